The Kier molecular flexibility index (Phi) is 8.95. The summed E-state index contributed by atoms with van der Waals surface area (Å²) in [7, 11) is 0. The predicted octanol–water partition coefficient (Wildman–Crippen LogP) is 5.63. The van der Waals surface area contributed by atoms with Gasteiger partial charge in [-0.2, -0.15) is 0 Å². The molecule has 0 N–H and O–H groups in total. The first kappa shape index (κ1) is 24.4. The van der Waals surface area contributed by atoms with Crippen LogP contribution < -0.4 is 4.74 Å². The second-order valence-corrected chi connectivity index (χ2v) is 8.11. The first-order chi connectivity index (χ1) is 16.0. The summed E-state index contributed by atoms with van der Waals surface area (Å²) in [6, 6.07) is 16.6. The van der Waals surface area contributed by atoms with Crippen molar-refractivity contribution < 1.29 is 19.0 Å². The van der Waals surface area contributed by atoms with E-state index in [1.54, 1.807) is 26.2 Å². The molecule has 0 saturated carbocycles. The molecular formula is C27H32N2O4. The molecule has 0 aliphatic carbocycles. The number of carbonyl (C=O) groups excluding carboxylic acids is 1. The van der Waals surface area contributed by atoms with E-state index in [2.05, 4.69) is 60.2 Å². The molecule has 0 fully saturated rings. The molecule has 3 aromatic rings. The maximum Gasteiger partial charge on any atom is 0.335 e. The number of benzene rings is 2. The zero-order valence-electron chi connectivity index (χ0n) is 19.8. The number of carbonyl (C=O) groups is 1. The van der Waals surface area contributed by atoms with Crippen LogP contribution in [-0.4, -0.2) is 41.4 Å². The van der Waals surface area contributed by atoms with Gasteiger partial charge in [0, 0.05) is 12.2 Å². The minimum Gasteiger partial charge on any atom is -0.486 e. The summed E-state index contributed by atoms with van der Waals surface area (Å²) in [5, 5.41) is 0. The largest absolute Gasteiger partial charge is 0.486 e. The Morgan fingerprint density at radius 1 is 0.909 bits per heavy atom. The lowest BCUT2D eigenvalue weighted by atomic mass is 10.0. The fraction of sp³-hybridized carbons (Fsp3) is 0.370. The number of hydrogen-bond acceptors (Lipinski definition) is 6. The van der Waals surface area contributed by atoms with Gasteiger partial charge in [-0.25, -0.2) is 14.8 Å². The molecule has 2 aromatic carbocycles. The summed E-state index contributed by atoms with van der Waals surface area (Å²) < 4.78 is 16.5. The van der Waals surface area contributed by atoms with Crippen LogP contribution in [-0.2, 0) is 14.3 Å². The normalized spacial score (nSPS) is 12.7. The molecule has 0 aliphatic rings. The molecule has 0 bridgehead atoms. The smallest absolute Gasteiger partial charge is 0.335 e. The van der Waals surface area contributed by atoms with Crippen LogP contribution in [0.4, 0.5) is 0 Å². The minimum atomic E-state index is -0.584. The van der Waals surface area contributed by atoms with Crippen molar-refractivity contribution in [2.45, 2.75) is 52.7 Å². The van der Waals surface area contributed by atoms with Crippen LogP contribution >= 0.6 is 0 Å². The molecule has 6 nitrogen and oxygen atoms in total. The highest BCUT2D eigenvalue weighted by Crippen LogP contribution is 2.24. The highest BCUT2D eigenvalue weighted by atomic mass is 16.6. The molecule has 0 unspecified atom stereocenters. The van der Waals surface area contributed by atoms with E-state index in [1.165, 1.54) is 11.1 Å². The van der Waals surface area contributed by atoms with Gasteiger partial charge in [-0.1, -0.05) is 67.4 Å². The third-order valence-electron chi connectivity index (χ3n) is 5.16. The number of ether oxygens (including phenoxy) is 3. The third-order valence-corrected chi connectivity index (χ3v) is 5.16. The van der Waals surface area contributed by atoms with Crippen LogP contribution in [0.1, 0.15) is 39.2 Å². The predicted molar refractivity (Wildman–Crippen MR) is 129 cm³/mol. The molecule has 0 spiro atoms. The van der Waals surface area contributed by atoms with Gasteiger partial charge in [0.1, 0.15) is 12.7 Å². The monoisotopic (exact) mass is 448 g/mol. The van der Waals surface area contributed by atoms with E-state index in [0.717, 1.165) is 24.0 Å². The van der Waals surface area contributed by atoms with Gasteiger partial charge in [0.05, 0.1) is 12.4 Å². The van der Waals surface area contributed by atoms with Crippen LogP contribution in [0, 0.1) is 6.92 Å². The Hall–Kier alpha value is -3.25. The number of aryl methyl sites for hydroxylation is 1. The summed E-state index contributed by atoms with van der Waals surface area (Å²) in [6.45, 7) is 8.39. The van der Waals surface area contributed by atoms with Gasteiger partial charge in [0.25, 0.3) is 0 Å². The molecule has 0 radical (unpaired) electrons. The molecule has 3 rings (SSSR count). The highest BCUT2D eigenvalue weighted by Gasteiger charge is 2.18. The average Bonchev–Trinajstić information content (AvgIpc) is 2.84. The number of esters is 1. The van der Waals surface area contributed by atoms with Crippen molar-refractivity contribution in [2.24, 2.45) is 0 Å². The fourth-order valence-electron chi connectivity index (χ4n) is 3.11. The summed E-state index contributed by atoms with van der Waals surface area (Å²) in [5.74, 6) is 0.753. The highest BCUT2D eigenvalue weighted by molar-refractivity contribution is 5.74. The van der Waals surface area contributed by atoms with Gasteiger partial charge in [-0.15, -0.1) is 0 Å². The zero-order valence-corrected chi connectivity index (χ0v) is 19.8. The molecule has 1 heterocycles. The molecule has 1 aromatic heterocycles. The number of aromatic nitrogens is 2. The number of unbranched alkanes of at least 4 members (excludes halogenated alkanes) is 1. The van der Waals surface area contributed by atoms with E-state index in [9.17, 15) is 4.79 Å². The molecule has 0 amide bonds. The maximum absolute atomic E-state index is 12.1. The topological polar surface area (TPSA) is 70.5 Å². The lowest BCUT2D eigenvalue weighted by molar-refractivity contribution is -0.162. The van der Waals surface area contributed by atoms with Crippen molar-refractivity contribution in [3.8, 4) is 28.3 Å². The summed E-state index contributed by atoms with van der Waals surface area (Å²) in [6.07, 6.45) is 4.19. The quantitative estimate of drug-likeness (QED) is 0.279. The fourth-order valence-corrected chi connectivity index (χ4v) is 3.11. The molecular weight excluding hydrogens is 416 g/mol. The van der Waals surface area contributed by atoms with Crippen molar-refractivity contribution in [2.75, 3.05) is 13.2 Å². The minimum absolute atomic E-state index is 0.210. The molecule has 2 atom stereocenters. The Morgan fingerprint density at radius 3 is 2.09 bits per heavy atom. The van der Waals surface area contributed by atoms with E-state index >= 15 is 0 Å². The van der Waals surface area contributed by atoms with Crippen molar-refractivity contribution in [3.63, 3.8) is 0 Å². The first-order valence-electron chi connectivity index (χ1n) is 11.4. The zero-order chi connectivity index (χ0) is 23.6. The lowest BCUT2D eigenvalue weighted by Gasteiger charge is -2.17. The van der Waals surface area contributed by atoms with E-state index in [4.69, 9.17) is 14.2 Å². The second-order valence-electron chi connectivity index (χ2n) is 8.11. The van der Waals surface area contributed by atoms with Crippen LogP contribution in [0.2, 0.25) is 0 Å². The number of rotatable bonds is 11. The van der Waals surface area contributed by atoms with Gasteiger partial charge >= 0.3 is 5.97 Å². The van der Waals surface area contributed by atoms with Crippen molar-refractivity contribution in [1.82, 2.24) is 9.97 Å². The van der Waals surface area contributed by atoms with Gasteiger partial charge < -0.3 is 14.2 Å². The van der Waals surface area contributed by atoms with Crippen LogP contribution in [0.25, 0.3) is 22.5 Å². The second kappa shape index (κ2) is 12.1. The van der Waals surface area contributed by atoms with Crippen LogP contribution in [0.5, 0.6) is 5.75 Å². The Morgan fingerprint density at radius 2 is 1.48 bits per heavy atom. The van der Waals surface area contributed by atoms with Gasteiger partial charge in [0.15, 0.2) is 17.7 Å². The van der Waals surface area contributed by atoms with Crippen molar-refractivity contribution in [3.05, 3.63) is 66.5 Å². The van der Waals surface area contributed by atoms with Crippen molar-refractivity contribution >= 4 is 5.97 Å². The third kappa shape index (κ3) is 7.39. The average molecular weight is 449 g/mol. The molecule has 0 saturated heterocycles. The molecule has 0 aliphatic heterocycles. The Bertz CT molecular complexity index is 1000. The maximum atomic E-state index is 12.1. The lowest BCUT2D eigenvalue weighted by Crippen LogP contribution is -2.30. The molecule has 33 heavy (non-hydrogen) atoms. The Balaban J connectivity index is 1.50. The number of nitrogens with zero attached hydrogens (tertiary/aromatic N) is 2. The van der Waals surface area contributed by atoms with E-state index in [-0.39, 0.29) is 12.6 Å². The van der Waals surface area contributed by atoms with Crippen LogP contribution in [0.15, 0.2) is 60.9 Å². The van der Waals surface area contributed by atoms with Crippen LogP contribution in [0.3, 0.4) is 0 Å². The molecule has 6 heteroatoms. The number of hydrogen-bond donors (Lipinski definition) is 0. The van der Waals surface area contributed by atoms with Gasteiger partial charge in [-0.3, -0.25) is 0 Å². The Labute approximate surface area is 196 Å². The van der Waals surface area contributed by atoms with Gasteiger partial charge in [0.2, 0.25) is 0 Å². The summed E-state index contributed by atoms with van der Waals surface area (Å²) >= 11 is 0. The SMILES string of the molecule is CCCCO[C@@H](C)C(=O)O[C@@H](C)COc1cnc(-c2ccc(-c3ccc(C)cc3)cc2)nc1. The van der Waals surface area contributed by atoms with Crippen molar-refractivity contribution in [1.29, 1.82) is 0 Å². The van der Waals surface area contributed by atoms with E-state index < -0.39 is 12.2 Å². The summed E-state index contributed by atoms with van der Waals surface area (Å²) in [5.41, 5.74) is 4.49. The van der Waals surface area contributed by atoms with E-state index in [1.807, 2.05) is 12.1 Å². The standard InChI is InChI=1S/C27H32N2O4/c1-5-6-15-31-21(4)27(30)33-20(3)18-32-25-16-28-26(29-17-25)24-13-11-23(12-14-24)22-9-7-19(2)8-10-22/h7-14,16-17,20-21H,5-6,15,18H2,1-4H3/t20-,21-/m0/s1. The first-order valence-corrected chi connectivity index (χ1v) is 11.4. The molecule has 174 valence electrons. The van der Waals surface area contributed by atoms with Gasteiger partial charge in [-0.05, 0) is 38.3 Å². The summed E-state index contributed by atoms with van der Waals surface area (Å²) in [4.78, 5) is 20.9. The van der Waals surface area contributed by atoms with E-state index in [0.29, 0.717) is 18.2 Å².